The smallest absolute Gasteiger partial charge is 0.322 e. The van der Waals surface area contributed by atoms with Gasteiger partial charge in [0.05, 0.1) is 18.8 Å². The van der Waals surface area contributed by atoms with Crippen molar-refractivity contribution in [1.82, 2.24) is 25.9 Å². The summed E-state index contributed by atoms with van der Waals surface area (Å²) in [5.41, 5.74) is 6.04. The highest BCUT2D eigenvalue weighted by Crippen LogP contribution is 2.05. The van der Waals surface area contributed by atoms with E-state index in [1.54, 1.807) is 13.8 Å². The molecule has 0 saturated carbocycles. The highest BCUT2D eigenvalue weighted by Gasteiger charge is 2.30. The second-order valence-electron chi connectivity index (χ2n) is 6.89. The molecular formula is C17H26N6O7. The third kappa shape index (κ3) is 8.26. The van der Waals surface area contributed by atoms with Crippen molar-refractivity contribution in [2.24, 2.45) is 11.7 Å². The van der Waals surface area contributed by atoms with Gasteiger partial charge in [-0.2, -0.15) is 0 Å². The minimum Gasteiger partial charge on any atom is -0.481 e. The SMILES string of the molecule is CC(C)C(NC(=O)C(Cc1cnc[nH]1)NC(=O)C(N)CC(=O)O)C(=O)NCC(=O)O. The predicted octanol–water partition coefficient (Wildman–Crippen LogP) is -2.42. The molecule has 3 atom stereocenters. The number of aromatic amines is 1. The number of amides is 3. The van der Waals surface area contributed by atoms with E-state index < -0.39 is 60.8 Å². The number of aromatic nitrogens is 2. The first kappa shape index (κ1) is 24.6. The summed E-state index contributed by atoms with van der Waals surface area (Å²) in [4.78, 5) is 65.2. The fraction of sp³-hybridized carbons (Fsp3) is 0.529. The van der Waals surface area contributed by atoms with Crippen LogP contribution in [0.5, 0.6) is 0 Å². The van der Waals surface area contributed by atoms with Crippen LogP contribution in [0.2, 0.25) is 0 Å². The maximum Gasteiger partial charge on any atom is 0.322 e. The lowest BCUT2D eigenvalue weighted by atomic mass is 10.0. The molecule has 0 saturated heterocycles. The Bertz CT molecular complexity index is 765. The quantitative estimate of drug-likeness (QED) is 0.189. The number of carbonyl (C=O) groups excluding carboxylic acids is 3. The molecule has 0 fully saturated rings. The number of nitrogens with two attached hydrogens (primary N) is 1. The van der Waals surface area contributed by atoms with Crippen molar-refractivity contribution in [2.75, 3.05) is 6.54 Å². The van der Waals surface area contributed by atoms with Crippen molar-refractivity contribution < 1.29 is 34.2 Å². The Morgan fingerprint density at radius 1 is 1.07 bits per heavy atom. The van der Waals surface area contributed by atoms with Crippen molar-refractivity contribution in [3.63, 3.8) is 0 Å². The van der Waals surface area contributed by atoms with Crippen molar-refractivity contribution in [3.05, 3.63) is 18.2 Å². The molecule has 166 valence electrons. The number of H-pyrrole nitrogens is 1. The molecule has 0 bridgehead atoms. The summed E-state index contributed by atoms with van der Waals surface area (Å²) in [5.74, 6) is -5.19. The van der Waals surface area contributed by atoms with Gasteiger partial charge in [-0.05, 0) is 5.92 Å². The number of aliphatic carboxylic acids is 2. The molecule has 0 aliphatic rings. The second-order valence-corrected chi connectivity index (χ2v) is 6.89. The third-order valence-electron chi connectivity index (χ3n) is 4.00. The first-order valence-electron chi connectivity index (χ1n) is 9.06. The Morgan fingerprint density at radius 3 is 2.23 bits per heavy atom. The summed E-state index contributed by atoms with van der Waals surface area (Å²) in [5, 5.41) is 24.5. The molecule has 0 aliphatic heterocycles. The minimum atomic E-state index is -1.38. The maximum atomic E-state index is 12.8. The van der Waals surface area contributed by atoms with Gasteiger partial charge in [-0.15, -0.1) is 0 Å². The molecule has 0 aliphatic carbocycles. The molecular weight excluding hydrogens is 400 g/mol. The lowest BCUT2D eigenvalue weighted by Gasteiger charge is -2.25. The van der Waals surface area contributed by atoms with Crippen LogP contribution < -0.4 is 21.7 Å². The molecule has 30 heavy (non-hydrogen) atoms. The van der Waals surface area contributed by atoms with Crippen molar-refractivity contribution in [3.8, 4) is 0 Å². The van der Waals surface area contributed by atoms with E-state index in [0.29, 0.717) is 5.69 Å². The Morgan fingerprint density at radius 2 is 1.73 bits per heavy atom. The first-order valence-corrected chi connectivity index (χ1v) is 9.06. The Hall–Kier alpha value is -3.48. The molecule has 13 nitrogen and oxygen atoms in total. The number of rotatable bonds is 12. The van der Waals surface area contributed by atoms with Crippen LogP contribution in [0.25, 0.3) is 0 Å². The molecule has 1 heterocycles. The molecule has 1 aromatic rings. The van der Waals surface area contributed by atoms with Gasteiger partial charge in [0.2, 0.25) is 17.7 Å². The second kappa shape index (κ2) is 11.5. The van der Waals surface area contributed by atoms with Crippen molar-refractivity contribution in [1.29, 1.82) is 0 Å². The van der Waals surface area contributed by atoms with E-state index in [1.807, 2.05) is 0 Å². The number of hydrogen-bond acceptors (Lipinski definition) is 7. The fourth-order valence-corrected chi connectivity index (χ4v) is 2.45. The molecule has 8 N–H and O–H groups in total. The maximum absolute atomic E-state index is 12.8. The zero-order valence-electron chi connectivity index (χ0n) is 16.5. The standard InChI is InChI=1S/C17H26N6O7/c1-8(2)14(17(30)20-6-13(26)27)23-16(29)11(3-9-5-19-7-21-9)22-15(28)10(18)4-12(24)25/h5,7-8,10-11,14H,3-4,6,18H2,1-2H3,(H,19,21)(H,20,30)(H,22,28)(H,23,29)(H,24,25)(H,26,27). The average molecular weight is 426 g/mol. The lowest BCUT2D eigenvalue weighted by Crippen LogP contribution is -2.58. The number of carboxylic acids is 2. The number of nitrogens with zero attached hydrogens (tertiary/aromatic N) is 1. The summed E-state index contributed by atoms with van der Waals surface area (Å²) in [6.07, 6.45) is 2.15. The van der Waals surface area contributed by atoms with Gasteiger partial charge in [-0.1, -0.05) is 13.8 Å². The van der Waals surface area contributed by atoms with Crippen molar-refractivity contribution in [2.45, 2.75) is 44.8 Å². The zero-order valence-corrected chi connectivity index (χ0v) is 16.5. The molecule has 0 radical (unpaired) electrons. The van der Waals surface area contributed by atoms with Gasteiger partial charge >= 0.3 is 11.9 Å². The Kier molecular flexibility index (Phi) is 9.42. The number of carboxylic acid groups (broad SMARTS) is 2. The molecule has 1 rings (SSSR count). The van der Waals surface area contributed by atoms with Crippen LogP contribution in [0.4, 0.5) is 0 Å². The van der Waals surface area contributed by atoms with Gasteiger partial charge in [0.25, 0.3) is 0 Å². The summed E-state index contributed by atoms with van der Waals surface area (Å²) < 4.78 is 0. The van der Waals surface area contributed by atoms with Crippen LogP contribution in [0.1, 0.15) is 26.0 Å². The van der Waals surface area contributed by atoms with Gasteiger partial charge < -0.3 is 36.9 Å². The van der Waals surface area contributed by atoms with E-state index >= 15 is 0 Å². The number of nitrogens with one attached hydrogen (secondary N) is 4. The molecule has 3 unspecified atom stereocenters. The summed E-state index contributed by atoms with van der Waals surface area (Å²) in [6, 6.07) is -3.63. The van der Waals surface area contributed by atoms with Crippen LogP contribution in [0, 0.1) is 5.92 Å². The molecule has 3 amide bonds. The molecule has 1 aromatic heterocycles. The van der Waals surface area contributed by atoms with E-state index in [9.17, 15) is 24.0 Å². The molecule has 0 aromatic carbocycles. The van der Waals surface area contributed by atoms with Gasteiger partial charge in [0, 0.05) is 18.3 Å². The summed E-state index contributed by atoms with van der Waals surface area (Å²) in [7, 11) is 0. The van der Waals surface area contributed by atoms with Gasteiger partial charge in [0.1, 0.15) is 18.6 Å². The third-order valence-corrected chi connectivity index (χ3v) is 4.00. The van der Waals surface area contributed by atoms with E-state index in [0.717, 1.165) is 0 Å². The largest absolute Gasteiger partial charge is 0.481 e. The van der Waals surface area contributed by atoms with Crippen LogP contribution in [0.15, 0.2) is 12.5 Å². The van der Waals surface area contributed by atoms with Crippen LogP contribution in [-0.4, -0.2) is 74.5 Å². The number of carbonyl (C=O) groups is 5. The van der Waals surface area contributed by atoms with Gasteiger partial charge in [-0.25, -0.2) is 4.98 Å². The van der Waals surface area contributed by atoms with Gasteiger partial charge in [-0.3, -0.25) is 24.0 Å². The topological polar surface area (TPSA) is 217 Å². The predicted molar refractivity (Wildman–Crippen MR) is 102 cm³/mol. The van der Waals surface area contributed by atoms with E-state index in [2.05, 4.69) is 25.9 Å². The van der Waals surface area contributed by atoms with Gasteiger partial charge in [0.15, 0.2) is 0 Å². The van der Waals surface area contributed by atoms with Crippen molar-refractivity contribution >= 4 is 29.7 Å². The molecule has 13 heteroatoms. The van der Waals surface area contributed by atoms with E-state index in [-0.39, 0.29) is 12.3 Å². The van der Waals surface area contributed by atoms with Crippen LogP contribution in [0.3, 0.4) is 0 Å². The lowest BCUT2D eigenvalue weighted by molar-refractivity contribution is -0.140. The zero-order chi connectivity index (χ0) is 22.8. The Balaban J connectivity index is 2.93. The average Bonchev–Trinajstić information content (AvgIpc) is 3.15. The van der Waals surface area contributed by atoms with Crippen LogP contribution >= 0.6 is 0 Å². The highest BCUT2D eigenvalue weighted by atomic mass is 16.4. The van der Waals surface area contributed by atoms with E-state index in [1.165, 1.54) is 12.5 Å². The first-order chi connectivity index (χ1) is 14.0. The van der Waals surface area contributed by atoms with E-state index in [4.69, 9.17) is 15.9 Å². The monoisotopic (exact) mass is 426 g/mol. The summed E-state index contributed by atoms with van der Waals surface area (Å²) >= 11 is 0. The number of hydrogen-bond donors (Lipinski definition) is 7. The Labute approximate surface area is 171 Å². The fourth-order valence-electron chi connectivity index (χ4n) is 2.45. The normalized spacial score (nSPS) is 13.7. The van der Waals surface area contributed by atoms with Crippen LogP contribution in [-0.2, 0) is 30.4 Å². The summed E-state index contributed by atoms with van der Waals surface area (Å²) in [6.45, 7) is 2.68. The number of imidazole rings is 1. The molecule has 0 spiro atoms. The highest BCUT2D eigenvalue weighted by molar-refractivity contribution is 5.94. The minimum absolute atomic E-state index is 0.0288.